The first-order valence-electron chi connectivity index (χ1n) is 9.74. The molecular formula is C19H37NO8S2Si. The first kappa shape index (κ1) is 30.1. The molecule has 0 radical (unpaired) electrons. The van der Waals surface area contributed by atoms with Crippen LogP contribution in [-0.4, -0.2) is 76.7 Å². The molecule has 1 unspecified atom stereocenters. The molecule has 182 valence electrons. The fourth-order valence-corrected chi connectivity index (χ4v) is 7.37. The SMILES string of the molecule is C=CCOC(=O)C(C)(C)CC(CSC[Si](C)(OC)OC)C(=O)NC(C)(C)CS(=O)(=O)O. The maximum atomic E-state index is 13.0. The first-order valence-corrected chi connectivity index (χ1v) is 15.0. The molecule has 0 spiro atoms. The minimum absolute atomic E-state index is 0.0703. The summed E-state index contributed by atoms with van der Waals surface area (Å²) in [6.07, 6.45) is 1.65. The van der Waals surface area contributed by atoms with E-state index in [-0.39, 0.29) is 13.0 Å². The van der Waals surface area contributed by atoms with Crippen LogP contribution in [0.3, 0.4) is 0 Å². The summed E-state index contributed by atoms with van der Waals surface area (Å²) in [5.41, 5.74) is -2.15. The van der Waals surface area contributed by atoms with Gasteiger partial charge in [0.2, 0.25) is 5.91 Å². The van der Waals surface area contributed by atoms with E-state index in [1.165, 1.54) is 31.7 Å². The van der Waals surface area contributed by atoms with E-state index in [2.05, 4.69) is 11.9 Å². The van der Waals surface area contributed by atoms with Crippen molar-refractivity contribution < 1.29 is 36.1 Å². The van der Waals surface area contributed by atoms with Gasteiger partial charge in [0.25, 0.3) is 10.1 Å². The van der Waals surface area contributed by atoms with E-state index in [0.717, 1.165) is 0 Å². The maximum absolute atomic E-state index is 13.0. The number of hydrogen-bond donors (Lipinski definition) is 2. The summed E-state index contributed by atoms with van der Waals surface area (Å²) in [5, 5.41) is 3.25. The van der Waals surface area contributed by atoms with Crippen LogP contribution in [-0.2, 0) is 33.3 Å². The number of nitrogens with one attached hydrogen (secondary N) is 1. The topological polar surface area (TPSA) is 128 Å². The molecule has 0 fully saturated rings. The fourth-order valence-electron chi connectivity index (χ4n) is 2.77. The highest BCUT2D eigenvalue weighted by atomic mass is 32.2. The molecule has 0 saturated heterocycles. The molecule has 0 aromatic carbocycles. The largest absolute Gasteiger partial charge is 0.461 e. The zero-order chi connectivity index (χ0) is 24.5. The number of thioether (sulfide) groups is 1. The Morgan fingerprint density at radius 3 is 2.23 bits per heavy atom. The standard InChI is InChI=1S/C19H37NO8S2Si/c1-9-10-28-17(22)18(2,3)11-15(12-29-14-31(8,26-6)27-7)16(21)20-19(4,5)13-30(23,24)25/h9,15H,1,10-14H2,2-8H3,(H,20,21)(H,23,24,25). The molecule has 31 heavy (non-hydrogen) atoms. The molecule has 0 aliphatic rings. The smallest absolute Gasteiger partial charge is 0.344 e. The summed E-state index contributed by atoms with van der Waals surface area (Å²) in [6, 6.07) is 0. The van der Waals surface area contributed by atoms with Crippen molar-refractivity contribution in [3.8, 4) is 0 Å². The summed E-state index contributed by atoms with van der Waals surface area (Å²) in [4.78, 5) is 25.5. The lowest BCUT2D eigenvalue weighted by Gasteiger charge is -2.31. The second-order valence-corrected chi connectivity index (χ2v) is 15.3. The highest BCUT2D eigenvalue weighted by molar-refractivity contribution is 8.00. The van der Waals surface area contributed by atoms with Gasteiger partial charge in [0, 0.05) is 31.3 Å². The third-order valence-corrected chi connectivity index (χ3v) is 10.9. The van der Waals surface area contributed by atoms with Crippen molar-refractivity contribution in [1.82, 2.24) is 5.32 Å². The highest BCUT2D eigenvalue weighted by Crippen LogP contribution is 2.30. The van der Waals surface area contributed by atoms with E-state index in [9.17, 15) is 18.0 Å². The average molecular weight is 500 g/mol. The van der Waals surface area contributed by atoms with Gasteiger partial charge in [0.15, 0.2) is 0 Å². The minimum atomic E-state index is -4.29. The second kappa shape index (κ2) is 12.4. The molecule has 0 saturated carbocycles. The Labute approximate surface area is 191 Å². The summed E-state index contributed by atoms with van der Waals surface area (Å²) >= 11 is 1.47. The molecule has 0 bridgehead atoms. The molecule has 0 aromatic heterocycles. The lowest BCUT2D eigenvalue weighted by Crippen LogP contribution is -2.51. The van der Waals surface area contributed by atoms with Crippen LogP contribution in [0.5, 0.6) is 0 Å². The van der Waals surface area contributed by atoms with Gasteiger partial charge in [-0.1, -0.05) is 12.7 Å². The number of esters is 1. The molecule has 0 aliphatic heterocycles. The van der Waals surface area contributed by atoms with E-state index in [1.807, 2.05) is 6.55 Å². The van der Waals surface area contributed by atoms with E-state index in [0.29, 0.717) is 11.1 Å². The second-order valence-electron chi connectivity index (χ2n) is 8.83. The van der Waals surface area contributed by atoms with Crippen LogP contribution < -0.4 is 5.32 Å². The van der Waals surface area contributed by atoms with Crippen LogP contribution in [0.4, 0.5) is 0 Å². The quantitative estimate of drug-likeness (QED) is 0.151. The van der Waals surface area contributed by atoms with Crippen molar-refractivity contribution in [2.24, 2.45) is 11.3 Å². The van der Waals surface area contributed by atoms with Crippen molar-refractivity contribution >= 4 is 42.3 Å². The predicted molar refractivity (Wildman–Crippen MR) is 125 cm³/mol. The van der Waals surface area contributed by atoms with E-state index in [1.54, 1.807) is 28.1 Å². The zero-order valence-corrected chi connectivity index (χ0v) is 22.2. The summed E-state index contributed by atoms with van der Waals surface area (Å²) in [6.45, 7) is 11.9. The Balaban J connectivity index is 5.48. The van der Waals surface area contributed by atoms with Gasteiger partial charge in [-0.05, 0) is 40.7 Å². The number of carbonyl (C=O) groups excluding carboxylic acids is 2. The van der Waals surface area contributed by atoms with Gasteiger partial charge >= 0.3 is 14.5 Å². The predicted octanol–water partition coefficient (Wildman–Crippen LogP) is 2.17. The van der Waals surface area contributed by atoms with Gasteiger partial charge in [-0.15, -0.1) is 0 Å². The molecule has 1 atom stereocenters. The van der Waals surface area contributed by atoms with Crippen LogP contribution in [0, 0.1) is 11.3 Å². The zero-order valence-electron chi connectivity index (χ0n) is 19.5. The Bertz CT molecular complexity index is 720. The molecule has 2 N–H and O–H groups in total. The van der Waals surface area contributed by atoms with Crippen molar-refractivity contribution in [3.63, 3.8) is 0 Å². The number of hydrogen-bond acceptors (Lipinski definition) is 8. The van der Waals surface area contributed by atoms with E-state index in [4.69, 9.17) is 18.1 Å². The lowest BCUT2D eigenvalue weighted by molar-refractivity contribution is -0.153. The minimum Gasteiger partial charge on any atom is -0.461 e. The number of rotatable bonds is 15. The monoisotopic (exact) mass is 499 g/mol. The van der Waals surface area contributed by atoms with Crippen LogP contribution >= 0.6 is 11.8 Å². The molecule has 0 rings (SSSR count). The Hall–Kier alpha value is -0.923. The highest BCUT2D eigenvalue weighted by Gasteiger charge is 2.38. The summed E-state index contributed by atoms with van der Waals surface area (Å²) in [7, 11) is -3.48. The van der Waals surface area contributed by atoms with Crippen molar-refractivity contribution in [2.75, 3.05) is 37.7 Å². The lowest BCUT2D eigenvalue weighted by atomic mass is 9.82. The molecule has 12 heteroatoms. The van der Waals surface area contributed by atoms with Crippen LogP contribution in [0.25, 0.3) is 0 Å². The first-order chi connectivity index (χ1) is 14.0. The van der Waals surface area contributed by atoms with Gasteiger partial charge in [-0.25, -0.2) is 0 Å². The summed E-state index contributed by atoms with van der Waals surface area (Å²) < 4.78 is 47.8. The Morgan fingerprint density at radius 1 is 1.23 bits per heavy atom. The van der Waals surface area contributed by atoms with Gasteiger partial charge in [-0.2, -0.15) is 20.2 Å². The maximum Gasteiger partial charge on any atom is 0.344 e. The number of ether oxygens (including phenoxy) is 1. The Morgan fingerprint density at radius 2 is 1.77 bits per heavy atom. The number of amides is 1. The van der Waals surface area contributed by atoms with Gasteiger partial charge in [-0.3, -0.25) is 14.1 Å². The van der Waals surface area contributed by atoms with Crippen molar-refractivity contribution in [2.45, 2.75) is 46.2 Å². The van der Waals surface area contributed by atoms with Gasteiger partial charge in [0.05, 0.1) is 16.7 Å². The van der Waals surface area contributed by atoms with Crippen molar-refractivity contribution in [3.05, 3.63) is 12.7 Å². The molecular weight excluding hydrogens is 462 g/mol. The molecule has 0 aromatic rings. The van der Waals surface area contributed by atoms with Gasteiger partial charge < -0.3 is 18.9 Å². The van der Waals surface area contributed by atoms with Gasteiger partial charge in [0.1, 0.15) is 6.61 Å². The van der Waals surface area contributed by atoms with E-state index < -0.39 is 53.2 Å². The number of carbonyl (C=O) groups is 2. The molecule has 1 amide bonds. The van der Waals surface area contributed by atoms with Crippen LogP contribution in [0.1, 0.15) is 34.1 Å². The third kappa shape index (κ3) is 12.0. The summed E-state index contributed by atoms with van der Waals surface area (Å²) in [5.74, 6) is -1.76. The van der Waals surface area contributed by atoms with Crippen LogP contribution in [0.15, 0.2) is 12.7 Å². The normalized spacial score (nSPS) is 14.1. The molecule has 0 heterocycles. The van der Waals surface area contributed by atoms with E-state index >= 15 is 0 Å². The molecule has 9 nitrogen and oxygen atoms in total. The Kier molecular flexibility index (Phi) is 12.0. The molecule has 0 aliphatic carbocycles. The van der Waals surface area contributed by atoms with Crippen LogP contribution in [0.2, 0.25) is 6.55 Å². The van der Waals surface area contributed by atoms with Crippen molar-refractivity contribution in [1.29, 1.82) is 0 Å². The third-order valence-electron chi connectivity index (χ3n) is 4.56. The fraction of sp³-hybridized carbons (Fsp3) is 0.789. The average Bonchev–Trinajstić information content (AvgIpc) is 2.62.